The summed E-state index contributed by atoms with van der Waals surface area (Å²) in [7, 11) is -11.7. The number of nitrogens with one attached hydrogen (secondary N) is 7. The van der Waals surface area contributed by atoms with Gasteiger partial charge in [-0.2, -0.15) is 13.2 Å². The number of alkyl halides is 3. The number of anilines is 5. The maximum absolute atomic E-state index is 12.7. The standard InChI is InChI=1S/C24H24ClN3O.C20H15ClF3N3O3S.C19H15Cl2N3O3S.C18H13Cl2N3O3S/c25-22-9-8-20(16-21(22)23-3-1-2-12-27-23)28-24(29)19-6-4-17(5-7-19)15-18-10-13-26-14-11-18;21-17-9-6-14(11-16(17)18-3-1-2-10-25-18)27-19(28)13-4-7-15(8-5-13)31(29,30)26-12-20(22,23)24;1-28(26,27)24-13-5-7-14(17(21)11-13)19(25)23-12-6-8-16(20)15(10-12)18-4-2-3-9-22-18;19-15-7-4-11(9-14(15)17-3-1-2-8-22-17)23-18(24)13-6-5-12(10-16(13)20)27(21,25)26/h1-9,12,16,18,26H,10-11,13-15H2,(H,28,29);1-11,26H,12H2,(H,27,28);2-11,24H,1H3,(H,23,25);1-10H,(H,23,24)(H2,21,25,26). The second-order valence-corrected chi connectivity index (χ2v) is 32.8. The van der Waals surface area contributed by atoms with Crippen LogP contribution in [-0.2, 0) is 36.5 Å². The van der Waals surface area contributed by atoms with Crippen molar-refractivity contribution in [2.75, 3.05) is 51.9 Å². The summed E-state index contributed by atoms with van der Waals surface area (Å²) in [6, 6.07) is 62.5. The van der Waals surface area contributed by atoms with Crippen molar-refractivity contribution in [1.29, 1.82) is 0 Å². The molecule has 4 aromatic heterocycles. The van der Waals surface area contributed by atoms with Crippen LogP contribution in [0.1, 0.15) is 59.8 Å². The first-order chi connectivity index (χ1) is 54.7. The number of hydrogen-bond acceptors (Lipinski definition) is 15. The first-order valence-corrected chi connectivity index (χ1v) is 41.6. The molecule has 0 aliphatic carbocycles. The zero-order valence-corrected chi connectivity index (χ0v) is 67.1. The molecule has 4 amide bonds. The number of pyridine rings is 4. The van der Waals surface area contributed by atoms with Crippen molar-refractivity contribution >= 4 is 152 Å². The molecule has 34 heteroatoms. The third kappa shape index (κ3) is 25.6. The van der Waals surface area contributed by atoms with E-state index in [0.717, 1.165) is 61.1 Å². The van der Waals surface area contributed by atoms with Crippen molar-refractivity contribution in [2.45, 2.75) is 35.2 Å². The van der Waals surface area contributed by atoms with Gasteiger partial charge >= 0.3 is 6.18 Å². The molecular formula is C81H67Cl6F3N12O10S3. The average molecular weight is 1730 g/mol. The summed E-state index contributed by atoms with van der Waals surface area (Å²) >= 11 is 37.2. The van der Waals surface area contributed by atoms with E-state index in [2.05, 4.69) is 63.4 Å². The van der Waals surface area contributed by atoms with Gasteiger partial charge in [-0.15, -0.1) is 0 Å². The lowest BCUT2D eigenvalue weighted by molar-refractivity contribution is -0.121. The number of nitrogens with two attached hydrogens (primary N) is 1. The monoisotopic (exact) mass is 1730 g/mol. The summed E-state index contributed by atoms with van der Waals surface area (Å²) in [5, 5.41) is 21.7. The lowest BCUT2D eigenvalue weighted by atomic mass is 9.91. The molecule has 0 bridgehead atoms. The number of benzene rings is 8. The van der Waals surface area contributed by atoms with E-state index in [1.54, 1.807) is 128 Å². The smallest absolute Gasteiger partial charge is 0.322 e. The fourth-order valence-electron chi connectivity index (χ4n) is 11.2. The van der Waals surface area contributed by atoms with Gasteiger partial charge in [0.1, 0.15) is 6.54 Å². The first-order valence-electron chi connectivity index (χ1n) is 34.4. The van der Waals surface area contributed by atoms with Crippen molar-refractivity contribution in [3.63, 3.8) is 0 Å². The van der Waals surface area contributed by atoms with Crippen molar-refractivity contribution in [1.82, 2.24) is 30.0 Å². The van der Waals surface area contributed by atoms with E-state index >= 15 is 0 Å². The number of sulfonamides is 3. The number of carbonyl (C=O) groups excluding carboxylic acids is 4. The van der Waals surface area contributed by atoms with Gasteiger partial charge in [0.25, 0.3) is 23.6 Å². The highest BCUT2D eigenvalue weighted by Crippen LogP contribution is 2.35. The average Bonchev–Trinajstić information content (AvgIpc) is 0.826. The maximum Gasteiger partial charge on any atom is 0.402 e. The van der Waals surface area contributed by atoms with Crippen LogP contribution in [0.2, 0.25) is 30.1 Å². The number of hydrogen-bond donors (Lipinski definition) is 8. The number of piperidine rings is 1. The molecule has 12 aromatic rings. The van der Waals surface area contributed by atoms with E-state index in [-0.39, 0.29) is 43.2 Å². The molecule has 592 valence electrons. The minimum Gasteiger partial charge on any atom is -0.322 e. The number of halogens is 9. The number of primary sulfonamides is 1. The molecular weight excluding hydrogens is 1670 g/mol. The Hall–Kier alpha value is -10.7. The Bertz CT molecular complexity index is 5850. The van der Waals surface area contributed by atoms with E-state index in [1.165, 1.54) is 65.6 Å². The molecule has 0 unspecified atom stereocenters. The first kappa shape index (κ1) is 86.7. The third-order valence-electron chi connectivity index (χ3n) is 16.8. The van der Waals surface area contributed by atoms with Crippen molar-refractivity contribution in [2.24, 2.45) is 11.1 Å². The number of nitrogens with zero attached hydrogens (tertiary/aromatic N) is 4. The lowest BCUT2D eigenvalue weighted by Crippen LogP contribution is -2.33. The second-order valence-electron chi connectivity index (χ2n) is 25.3. The fourth-order valence-corrected chi connectivity index (χ4v) is 14.7. The summed E-state index contributed by atoms with van der Waals surface area (Å²) < 4.78 is 110. The molecule has 1 saturated heterocycles. The molecule has 0 atom stereocenters. The molecule has 0 saturated carbocycles. The van der Waals surface area contributed by atoms with Gasteiger partial charge in [0, 0.05) is 86.6 Å². The summed E-state index contributed by atoms with van der Waals surface area (Å²) in [6.45, 7) is 0.520. The van der Waals surface area contributed by atoms with Crippen LogP contribution in [0, 0.1) is 5.92 Å². The second kappa shape index (κ2) is 39.6. The fraction of sp³-hybridized carbons (Fsp3) is 0.111. The molecule has 22 nitrogen and oxygen atoms in total. The van der Waals surface area contributed by atoms with Crippen LogP contribution < -0.4 is 41.2 Å². The summed E-state index contributed by atoms with van der Waals surface area (Å²) in [5.41, 5.74) is 10.2. The van der Waals surface area contributed by atoms with E-state index in [4.69, 9.17) is 74.7 Å². The zero-order valence-electron chi connectivity index (χ0n) is 60.1. The van der Waals surface area contributed by atoms with Crippen molar-refractivity contribution < 1.29 is 57.6 Å². The van der Waals surface area contributed by atoms with Crippen LogP contribution in [0.25, 0.3) is 45.0 Å². The van der Waals surface area contributed by atoms with E-state index in [0.29, 0.717) is 82.2 Å². The van der Waals surface area contributed by atoms with Crippen LogP contribution in [0.5, 0.6) is 0 Å². The van der Waals surface area contributed by atoms with E-state index in [1.807, 2.05) is 54.6 Å². The Kier molecular flexibility index (Phi) is 29.8. The third-order valence-corrected chi connectivity index (χ3v) is 21.7. The molecule has 8 aromatic carbocycles. The molecule has 1 fully saturated rings. The Morgan fingerprint density at radius 1 is 0.426 bits per heavy atom. The highest BCUT2D eigenvalue weighted by Gasteiger charge is 2.30. The summed E-state index contributed by atoms with van der Waals surface area (Å²) in [4.78, 5) is 66.8. The van der Waals surface area contributed by atoms with E-state index in [9.17, 15) is 57.6 Å². The molecule has 1 aliphatic heterocycles. The molecule has 0 spiro atoms. The Morgan fingerprint density at radius 3 is 1.11 bits per heavy atom. The van der Waals surface area contributed by atoms with Crippen LogP contribution in [0.4, 0.5) is 41.6 Å². The van der Waals surface area contributed by atoms with E-state index < -0.39 is 65.4 Å². The van der Waals surface area contributed by atoms with Crippen LogP contribution >= 0.6 is 69.6 Å². The molecule has 0 radical (unpaired) electrons. The predicted molar refractivity (Wildman–Crippen MR) is 447 cm³/mol. The highest BCUT2D eigenvalue weighted by molar-refractivity contribution is 7.92. The SMILES string of the molecule is CS(=O)(=O)Nc1ccc(C(=O)Nc2ccc(Cl)c(-c3ccccn3)c2)c(Cl)c1.NS(=O)(=O)c1ccc(C(=O)Nc2ccc(Cl)c(-c3ccccn3)c2)c(Cl)c1.O=C(Nc1ccc(Cl)c(-c2ccccn2)c1)c1ccc(CC2CCNCC2)cc1.O=C(Nc1ccc(Cl)c(-c2ccccn2)c1)c1ccc(S(=O)(=O)NCC(F)(F)F)cc1. The van der Waals surface area contributed by atoms with Crippen LogP contribution in [0.3, 0.4) is 0 Å². The quantitative estimate of drug-likeness (QED) is 0.0352. The Balaban J connectivity index is 0.000000162. The van der Waals surface area contributed by atoms with Crippen molar-refractivity contribution in [3.05, 3.63) is 313 Å². The molecule has 9 N–H and O–H groups in total. The van der Waals surface area contributed by atoms with Gasteiger partial charge < -0.3 is 26.6 Å². The minimum absolute atomic E-state index is 0.0297. The molecule has 1 aliphatic rings. The van der Waals surface area contributed by atoms with Gasteiger partial charge in [0.2, 0.25) is 30.1 Å². The van der Waals surface area contributed by atoms with Gasteiger partial charge in [-0.1, -0.05) is 106 Å². The summed E-state index contributed by atoms with van der Waals surface area (Å²) in [5.74, 6) is -0.885. The predicted octanol–water partition coefficient (Wildman–Crippen LogP) is 18.3. The Labute approximate surface area is 690 Å². The maximum atomic E-state index is 12.7. The lowest BCUT2D eigenvalue weighted by Gasteiger charge is -2.22. The van der Waals surface area contributed by atoms with Gasteiger partial charge in [-0.25, -0.2) is 35.1 Å². The molecule has 5 heterocycles. The number of aromatic nitrogens is 4. The largest absolute Gasteiger partial charge is 0.402 e. The van der Waals surface area contributed by atoms with Crippen molar-refractivity contribution in [3.8, 4) is 45.0 Å². The molecule has 13 rings (SSSR count). The highest BCUT2D eigenvalue weighted by atomic mass is 35.5. The number of carbonyl (C=O) groups is 4. The van der Waals surface area contributed by atoms with Gasteiger partial charge in [0.05, 0.1) is 80.1 Å². The topological polar surface area (TPSA) is 332 Å². The number of rotatable bonds is 20. The zero-order chi connectivity index (χ0) is 82.6. The normalized spacial score (nSPS) is 12.2. The van der Waals surface area contributed by atoms with Gasteiger partial charge in [-0.3, -0.25) is 43.8 Å². The molecule has 115 heavy (non-hydrogen) atoms. The Morgan fingerprint density at radius 2 is 0.774 bits per heavy atom. The summed E-state index contributed by atoms with van der Waals surface area (Å²) in [6.07, 6.45) is 6.49. The van der Waals surface area contributed by atoms with Gasteiger partial charge in [-0.05, 0) is 238 Å². The van der Waals surface area contributed by atoms with Crippen LogP contribution in [0.15, 0.2) is 265 Å². The number of amides is 4. The van der Waals surface area contributed by atoms with Gasteiger partial charge in [0.15, 0.2) is 0 Å². The minimum atomic E-state index is -4.68. The van der Waals surface area contributed by atoms with Crippen LogP contribution in [-0.4, -0.2) is 101 Å².